The molecule has 0 radical (unpaired) electrons. The van der Waals surface area contributed by atoms with Crippen molar-refractivity contribution in [3.05, 3.63) is 0 Å². The quantitative estimate of drug-likeness (QED) is 0.787. The van der Waals surface area contributed by atoms with Gasteiger partial charge in [-0.25, -0.2) is 0 Å². The monoisotopic (exact) mass is 274 g/mol. The predicted molar refractivity (Wildman–Crippen MR) is 69.9 cm³/mol. The highest BCUT2D eigenvalue weighted by Gasteiger charge is 2.45. The first kappa shape index (κ1) is 15.2. The van der Waals surface area contributed by atoms with E-state index in [-0.39, 0.29) is 11.7 Å². The standard InChI is InChI=1S/C14H26O5/c1-13(2,3)17-7-6-16-12-10-14(5-4-11(12)15)18-8-9-19-14/h11-12,15H,4-10H2,1-3H3. The van der Waals surface area contributed by atoms with Crippen LogP contribution in [-0.4, -0.2) is 55.1 Å². The molecule has 112 valence electrons. The van der Waals surface area contributed by atoms with Crippen molar-refractivity contribution < 1.29 is 24.1 Å². The third-order valence-corrected chi connectivity index (χ3v) is 3.53. The van der Waals surface area contributed by atoms with Crippen molar-refractivity contribution >= 4 is 0 Å². The third kappa shape index (κ3) is 4.39. The minimum atomic E-state index is -0.519. The molecule has 0 aromatic rings. The molecule has 1 aliphatic heterocycles. The van der Waals surface area contributed by atoms with E-state index in [0.717, 1.165) is 6.42 Å². The first-order chi connectivity index (χ1) is 8.90. The van der Waals surface area contributed by atoms with E-state index in [9.17, 15) is 5.11 Å². The van der Waals surface area contributed by atoms with Gasteiger partial charge in [0, 0.05) is 12.8 Å². The Bertz CT molecular complexity index is 280. The van der Waals surface area contributed by atoms with Crippen LogP contribution in [0.25, 0.3) is 0 Å². The molecule has 0 aromatic heterocycles. The van der Waals surface area contributed by atoms with Gasteiger partial charge >= 0.3 is 0 Å². The van der Waals surface area contributed by atoms with Crippen LogP contribution < -0.4 is 0 Å². The number of ether oxygens (including phenoxy) is 4. The second-order valence-electron chi connectivity index (χ2n) is 6.29. The fraction of sp³-hybridized carbons (Fsp3) is 1.00. The van der Waals surface area contributed by atoms with Gasteiger partial charge in [0.15, 0.2) is 5.79 Å². The molecular weight excluding hydrogens is 248 g/mol. The average Bonchev–Trinajstić information content (AvgIpc) is 2.77. The van der Waals surface area contributed by atoms with E-state index in [4.69, 9.17) is 18.9 Å². The van der Waals surface area contributed by atoms with Crippen molar-refractivity contribution in [2.45, 2.75) is 63.6 Å². The number of aliphatic hydroxyl groups excluding tert-OH is 1. The van der Waals surface area contributed by atoms with Crippen LogP contribution >= 0.6 is 0 Å². The first-order valence-electron chi connectivity index (χ1n) is 7.12. The molecule has 1 spiro atoms. The van der Waals surface area contributed by atoms with Gasteiger partial charge in [-0.1, -0.05) is 0 Å². The van der Waals surface area contributed by atoms with Crippen LogP contribution in [0.3, 0.4) is 0 Å². The van der Waals surface area contributed by atoms with Gasteiger partial charge in [0.2, 0.25) is 0 Å². The summed E-state index contributed by atoms with van der Waals surface area (Å²) in [6, 6.07) is 0. The Kier molecular flexibility index (Phi) is 4.84. The van der Waals surface area contributed by atoms with E-state index in [0.29, 0.717) is 39.3 Å². The molecule has 5 nitrogen and oxygen atoms in total. The summed E-state index contributed by atoms with van der Waals surface area (Å²) in [6.45, 7) is 8.31. The van der Waals surface area contributed by atoms with Gasteiger partial charge in [-0.05, 0) is 27.2 Å². The van der Waals surface area contributed by atoms with E-state index in [1.165, 1.54) is 0 Å². The second-order valence-corrected chi connectivity index (χ2v) is 6.29. The summed E-state index contributed by atoms with van der Waals surface area (Å²) in [7, 11) is 0. The van der Waals surface area contributed by atoms with E-state index in [1.54, 1.807) is 0 Å². The molecule has 1 saturated carbocycles. The van der Waals surface area contributed by atoms with Crippen LogP contribution in [0.15, 0.2) is 0 Å². The molecule has 0 aromatic carbocycles. The highest BCUT2D eigenvalue weighted by atomic mass is 16.7. The van der Waals surface area contributed by atoms with Crippen molar-refractivity contribution in [1.82, 2.24) is 0 Å². The van der Waals surface area contributed by atoms with Crippen LogP contribution in [0, 0.1) is 0 Å². The van der Waals surface area contributed by atoms with Gasteiger partial charge in [-0.3, -0.25) is 0 Å². The van der Waals surface area contributed by atoms with E-state index in [2.05, 4.69) is 0 Å². The van der Waals surface area contributed by atoms with Gasteiger partial charge < -0.3 is 24.1 Å². The van der Waals surface area contributed by atoms with Crippen molar-refractivity contribution in [3.8, 4) is 0 Å². The Morgan fingerprint density at radius 1 is 1.21 bits per heavy atom. The van der Waals surface area contributed by atoms with E-state index >= 15 is 0 Å². The Labute approximate surface area is 115 Å². The molecular formula is C14H26O5. The van der Waals surface area contributed by atoms with Crippen LogP contribution in [-0.2, 0) is 18.9 Å². The molecule has 5 heteroatoms. The zero-order valence-corrected chi connectivity index (χ0v) is 12.2. The largest absolute Gasteiger partial charge is 0.390 e. The SMILES string of the molecule is CC(C)(C)OCCOC1CC2(CCC1O)OCCO2. The van der Waals surface area contributed by atoms with Crippen molar-refractivity contribution in [1.29, 1.82) is 0 Å². The van der Waals surface area contributed by atoms with Crippen LogP contribution in [0.1, 0.15) is 40.0 Å². The highest BCUT2D eigenvalue weighted by Crippen LogP contribution is 2.37. The molecule has 2 fully saturated rings. The second kappa shape index (κ2) is 6.06. The molecule has 1 heterocycles. The summed E-state index contributed by atoms with van der Waals surface area (Å²) in [4.78, 5) is 0. The molecule has 1 aliphatic carbocycles. The third-order valence-electron chi connectivity index (χ3n) is 3.53. The topological polar surface area (TPSA) is 57.2 Å². The molecule has 2 atom stereocenters. The van der Waals surface area contributed by atoms with Crippen molar-refractivity contribution in [3.63, 3.8) is 0 Å². The number of aliphatic hydroxyl groups is 1. The number of hydrogen-bond acceptors (Lipinski definition) is 5. The molecule has 2 aliphatic rings. The maximum Gasteiger partial charge on any atom is 0.171 e. The molecule has 2 rings (SSSR count). The normalized spacial score (nSPS) is 30.9. The summed E-state index contributed by atoms with van der Waals surface area (Å²) in [6.07, 6.45) is 1.34. The molecule has 1 N–H and O–H groups in total. The van der Waals surface area contributed by atoms with Crippen LogP contribution in [0.2, 0.25) is 0 Å². The Balaban J connectivity index is 1.75. The van der Waals surface area contributed by atoms with Gasteiger partial charge in [-0.2, -0.15) is 0 Å². The lowest BCUT2D eigenvalue weighted by Crippen LogP contribution is -2.46. The minimum Gasteiger partial charge on any atom is -0.390 e. The Morgan fingerprint density at radius 2 is 1.89 bits per heavy atom. The summed E-state index contributed by atoms with van der Waals surface area (Å²) < 4.78 is 22.7. The van der Waals surface area contributed by atoms with Gasteiger partial charge in [0.05, 0.1) is 44.2 Å². The summed E-state index contributed by atoms with van der Waals surface area (Å²) in [5.74, 6) is -0.519. The number of rotatable bonds is 4. The smallest absolute Gasteiger partial charge is 0.171 e. The molecule has 2 unspecified atom stereocenters. The Morgan fingerprint density at radius 3 is 2.53 bits per heavy atom. The maximum atomic E-state index is 9.99. The molecule has 0 bridgehead atoms. The molecule has 19 heavy (non-hydrogen) atoms. The summed E-state index contributed by atoms with van der Waals surface area (Å²) >= 11 is 0. The van der Waals surface area contributed by atoms with E-state index < -0.39 is 11.9 Å². The zero-order chi connectivity index (χ0) is 13.9. The summed E-state index contributed by atoms with van der Waals surface area (Å²) in [5.41, 5.74) is -0.159. The lowest BCUT2D eigenvalue weighted by molar-refractivity contribution is -0.223. The van der Waals surface area contributed by atoms with Crippen LogP contribution in [0.5, 0.6) is 0 Å². The first-order valence-corrected chi connectivity index (χ1v) is 7.12. The van der Waals surface area contributed by atoms with Crippen LogP contribution in [0.4, 0.5) is 0 Å². The van der Waals surface area contributed by atoms with Gasteiger partial charge in [-0.15, -0.1) is 0 Å². The fourth-order valence-corrected chi connectivity index (χ4v) is 2.57. The highest BCUT2D eigenvalue weighted by molar-refractivity contribution is 4.88. The summed E-state index contributed by atoms with van der Waals surface area (Å²) in [5, 5.41) is 9.99. The molecule has 0 amide bonds. The number of hydrogen-bond donors (Lipinski definition) is 1. The lowest BCUT2D eigenvalue weighted by atomic mass is 9.89. The minimum absolute atomic E-state index is 0.159. The lowest BCUT2D eigenvalue weighted by Gasteiger charge is -2.38. The van der Waals surface area contributed by atoms with Crippen molar-refractivity contribution in [2.24, 2.45) is 0 Å². The van der Waals surface area contributed by atoms with Crippen molar-refractivity contribution in [2.75, 3.05) is 26.4 Å². The zero-order valence-electron chi connectivity index (χ0n) is 12.2. The molecule has 1 saturated heterocycles. The van der Waals surface area contributed by atoms with Gasteiger partial charge in [0.25, 0.3) is 0 Å². The predicted octanol–water partition coefficient (Wildman–Crippen LogP) is 1.47. The van der Waals surface area contributed by atoms with E-state index in [1.807, 2.05) is 20.8 Å². The van der Waals surface area contributed by atoms with Gasteiger partial charge in [0.1, 0.15) is 0 Å². The average molecular weight is 274 g/mol. The fourth-order valence-electron chi connectivity index (χ4n) is 2.57. The maximum absolute atomic E-state index is 9.99. The Hall–Kier alpha value is -0.200.